The molecule has 0 radical (unpaired) electrons. The SMILES string of the molecule is CC(C)(C)C1CC(OS(=O)(=O)C(F)(F)F)=CCN1. The van der Waals surface area contributed by atoms with Crippen LogP contribution in [0.25, 0.3) is 0 Å². The van der Waals surface area contributed by atoms with E-state index >= 15 is 0 Å². The minimum Gasteiger partial charge on any atom is -0.381 e. The maximum Gasteiger partial charge on any atom is 0.534 e. The van der Waals surface area contributed by atoms with Crippen LogP contribution in [-0.4, -0.2) is 26.5 Å². The van der Waals surface area contributed by atoms with Gasteiger partial charge in [0.2, 0.25) is 0 Å². The van der Waals surface area contributed by atoms with Gasteiger partial charge in [-0.1, -0.05) is 20.8 Å². The molecule has 18 heavy (non-hydrogen) atoms. The second-order valence-electron chi connectivity index (χ2n) is 5.18. The lowest BCUT2D eigenvalue weighted by Crippen LogP contribution is -2.43. The van der Waals surface area contributed by atoms with Gasteiger partial charge in [0.05, 0.1) is 0 Å². The summed E-state index contributed by atoms with van der Waals surface area (Å²) in [5.41, 5.74) is -5.60. The summed E-state index contributed by atoms with van der Waals surface area (Å²) in [7, 11) is -5.56. The van der Waals surface area contributed by atoms with E-state index in [0.717, 1.165) is 0 Å². The second-order valence-corrected chi connectivity index (χ2v) is 6.72. The van der Waals surface area contributed by atoms with Gasteiger partial charge in [-0.2, -0.15) is 21.6 Å². The molecule has 0 saturated heterocycles. The minimum absolute atomic E-state index is 0.110. The van der Waals surface area contributed by atoms with Crippen molar-refractivity contribution in [3.05, 3.63) is 11.8 Å². The highest BCUT2D eigenvalue weighted by Gasteiger charge is 2.49. The summed E-state index contributed by atoms with van der Waals surface area (Å²) in [6.45, 7) is 6.01. The number of hydrogen-bond acceptors (Lipinski definition) is 4. The zero-order valence-electron chi connectivity index (χ0n) is 10.3. The van der Waals surface area contributed by atoms with Gasteiger partial charge in [-0.25, -0.2) is 0 Å². The molecule has 1 atom stereocenters. The summed E-state index contributed by atoms with van der Waals surface area (Å²) >= 11 is 0. The maximum absolute atomic E-state index is 12.2. The average molecular weight is 287 g/mol. The van der Waals surface area contributed by atoms with E-state index in [1.807, 2.05) is 20.8 Å². The molecule has 0 fully saturated rings. The molecule has 4 nitrogen and oxygen atoms in total. The molecule has 0 saturated carbocycles. The molecule has 0 bridgehead atoms. The van der Waals surface area contributed by atoms with Crippen LogP contribution in [0, 0.1) is 5.41 Å². The standard InChI is InChI=1S/C10H16F3NO3S/c1-9(2,3)8-6-7(4-5-14-8)17-18(15,16)10(11,12)13/h4,8,14H,5-6H2,1-3H3. The van der Waals surface area contributed by atoms with E-state index in [-0.39, 0.29) is 30.2 Å². The summed E-state index contributed by atoms with van der Waals surface area (Å²) in [5.74, 6) is -0.161. The van der Waals surface area contributed by atoms with Gasteiger partial charge >= 0.3 is 15.6 Å². The van der Waals surface area contributed by atoms with Gasteiger partial charge in [0.1, 0.15) is 5.76 Å². The summed E-state index contributed by atoms with van der Waals surface area (Å²) < 4.78 is 62.4. The molecule has 0 amide bonds. The third kappa shape index (κ3) is 3.61. The molecule has 8 heteroatoms. The Morgan fingerprint density at radius 3 is 2.33 bits per heavy atom. The molecule has 106 valence electrons. The molecule has 0 spiro atoms. The fraction of sp³-hybridized carbons (Fsp3) is 0.800. The summed E-state index contributed by atoms with van der Waals surface area (Å²) in [6, 6.07) is -0.138. The monoisotopic (exact) mass is 287 g/mol. The van der Waals surface area contributed by atoms with Gasteiger partial charge in [-0.05, 0) is 11.5 Å². The van der Waals surface area contributed by atoms with E-state index in [0.29, 0.717) is 0 Å². The van der Waals surface area contributed by atoms with Gasteiger partial charge in [0.25, 0.3) is 0 Å². The molecular formula is C10H16F3NO3S. The van der Waals surface area contributed by atoms with Gasteiger partial charge in [-0.3, -0.25) is 0 Å². The Kier molecular flexibility index (Phi) is 4.02. The summed E-state index contributed by atoms with van der Waals surface area (Å²) in [6.07, 6.45) is 1.42. The van der Waals surface area contributed by atoms with Crippen molar-refractivity contribution in [1.82, 2.24) is 5.32 Å². The smallest absolute Gasteiger partial charge is 0.381 e. The Bertz CT molecular complexity index is 434. The first-order chi connectivity index (χ1) is 7.93. The van der Waals surface area contributed by atoms with Crippen LogP contribution in [0.5, 0.6) is 0 Å². The summed E-state index contributed by atoms with van der Waals surface area (Å²) in [5, 5.41) is 3.08. The highest BCUT2D eigenvalue weighted by molar-refractivity contribution is 7.87. The van der Waals surface area contributed by atoms with E-state index in [1.54, 1.807) is 0 Å². The lowest BCUT2D eigenvalue weighted by molar-refractivity contribution is -0.0525. The molecule has 0 aromatic heterocycles. The molecule has 1 aliphatic heterocycles. The van der Waals surface area contributed by atoms with Crippen LogP contribution in [0.1, 0.15) is 27.2 Å². The minimum atomic E-state index is -5.56. The van der Waals surface area contributed by atoms with Crippen molar-refractivity contribution >= 4 is 10.1 Å². The van der Waals surface area contributed by atoms with Crippen LogP contribution < -0.4 is 5.32 Å². The predicted molar refractivity (Wildman–Crippen MR) is 60.0 cm³/mol. The number of hydrogen-bond donors (Lipinski definition) is 1. The quantitative estimate of drug-likeness (QED) is 0.624. The Hall–Kier alpha value is -0.760. The Morgan fingerprint density at radius 1 is 1.33 bits per heavy atom. The first-order valence-electron chi connectivity index (χ1n) is 5.36. The maximum atomic E-state index is 12.2. The van der Waals surface area contributed by atoms with Gasteiger partial charge in [0, 0.05) is 19.0 Å². The van der Waals surface area contributed by atoms with E-state index in [1.165, 1.54) is 6.08 Å². The van der Waals surface area contributed by atoms with E-state index < -0.39 is 15.6 Å². The average Bonchev–Trinajstić information content (AvgIpc) is 2.14. The van der Waals surface area contributed by atoms with Crippen LogP contribution >= 0.6 is 0 Å². The second kappa shape index (κ2) is 4.73. The van der Waals surface area contributed by atoms with Crippen molar-refractivity contribution in [3.8, 4) is 0 Å². The first-order valence-corrected chi connectivity index (χ1v) is 6.77. The van der Waals surface area contributed by atoms with E-state index in [9.17, 15) is 21.6 Å². The van der Waals surface area contributed by atoms with Crippen molar-refractivity contribution in [2.24, 2.45) is 5.41 Å². The van der Waals surface area contributed by atoms with Crippen molar-refractivity contribution in [3.63, 3.8) is 0 Å². The third-order valence-electron chi connectivity index (χ3n) is 2.64. The van der Waals surface area contributed by atoms with Crippen LogP contribution in [0.3, 0.4) is 0 Å². The van der Waals surface area contributed by atoms with Gasteiger partial charge < -0.3 is 9.50 Å². The number of rotatable bonds is 2. The number of halogens is 3. The van der Waals surface area contributed by atoms with Crippen molar-refractivity contribution in [2.45, 2.75) is 38.7 Å². The van der Waals surface area contributed by atoms with Crippen molar-refractivity contribution in [2.75, 3.05) is 6.54 Å². The lowest BCUT2D eigenvalue weighted by atomic mass is 9.83. The number of nitrogens with one attached hydrogen (secondary N) is 1. The fourth-order valence-electron chi connectivity index (χ4n) is 1.54. The molecule has 1 heterocycles. The first kappa shape index (κ1) is 15.3. The van der Waals surface area contributed by atoms with Crippen LogP contribution in [0.2, 0.25) is 0 Å². The predicted octanol–water partition coefficient (Wildman–Crippen LogP) is 2.14. The topological polar surface area (TPSA) is 55.4 Å². The molecular weight excluding hydrogens is 271 g/mol. The van der Waals surface area contributed by atoms with Crippen LogP contribution in [0.15, 0.2) is 11.8 Å². The normalized spacial score (nSPS) is 22.6. The highest BCUT2D eigenvalue weighted by atomic mass is 32.2. The highest BCUT2D eigenvalue weighted by Crippen LogP contribution is 2.31. The van der Waals surface area contributed by atoms with Crippen LogP contribution in [0.4, 0.5) is 13.2 Å². The van der Waals surface area contributed by atoms with E-state index in [4.69, 9.17) is 0 Å². The van der Waals surface area contributed by atoms with Crippen molar-refractivity contribution in [1.29, 1.82) is 0 Å². The Balaban J connectivity index is 2.79. The Morgan fingerprint density at radius 2 is 1.89 bits per heavy atom. The zero-order valence-corrected chi connectivity index (χ0v) is 11.2. The molecule has 0 aromatic carbocycles. The molecule has 1 unspecified atom stereocenters. The molecule has 1 aliphatic rings. The summed E-state index contributed by atoms with van der Waals surface area (Å²) in [4.78, 5) is 0. The molecule has 0 aromatic rings. The zero-order chi connectivity index (χ0) is 14.2. The largest absolute Gasteiger partial charge is 0.534 e. The molecule has 1 rings (SSSR count). The van der Waals surface area contributed by atoms with Crippen LogP contribution in [-0.2, 0) is 14.3 Å². The molecule has 1 N–H and O–H groups in total. The Labute approximate surface area is 104 Å². The third-order valence-corrected chi connectivity index (χ3v) is 3.65. The van der Waals surface area contributed by atoms with Gasteiger partial charge in [0.15, 0.2) is 0 Å². The fourth-order valence-corrected chi connectivity index (χ4v) is 2.05. The van der Waals surface area contributed by atoms with E-state index in [2.05, 4.69) is 9.50 Å². The lowest BCUT2D eigenvalue weighted by Gasteiger charge is -2.34. The van der Waals surface area contributed by atoms with Gasteiger partial charge in [-0.15, -0.1) is 0 Å². The molecule has 0 aliphatic carbocycles. The van der Waals surface area contributed by atoms with Crippen molar-refractivity contribution < 1.29 is 25.8 Å². The number of alkyl halides is 3.